The molecule has 0 saturated carbocycles. The number of hydrogen-bond acceptors (Lipinski definition) is 5. The zero-order chi connectivity index (χ0) is 21.5. The average molecular weight is 427 g/mol. The van der Waals surface area contributed by atoms with E-state index in [1.807, 2.05) is 41.3 Å². The van der Waals surface area contributed by atoms with E-state index in [0.717, 1.165) is 17.7 Å². The Hall–Kier alpha value is -2.80. The second-order valence-corrected chi connectivity index (χ2v) is 7.99. The predicted octanol–water partition coefficient (Wildman–Crippen LogP) is 4.31. The fraction of sp³-hybridized carbons (Fsp3) is 0.348. The van der Waals surface area contributed by atoms with Gasteiger partial charge in [0.1, 0.15) is 5.37 Å². The number of carbonyl (C=O) groups is 3. The van der Waals surface area contributed by atoms with Crippen molar-refractivity contribution in [2.24, 2.45) is 0 Å². The van der Waals surface area contributed by atoms with Gasteiger partial charge in [0, 0.05) is 17.8 Å². The summed E-state index contributed by atoms with van der Waals surface area (Å²) in [7, 11) is 0. The SMILES string of the molecule is CCOC(=O)CCC(=O)Nc1ccc(C2SCC(=O)N2c2ccc(CC)cc2)cc1. The Morgan fingerprint density at radius 3 is 2.40 bits per heavy atom. The van der Waals surface area contributed by atoms with Gasteiger partial charge in [-0.3, -0.25) is 19.3 Å². The number of rotatable bonds is 8. The van der Waals surface area contributed by atoms with E-state index in [1.54, 1.807) is 18.7 Å². The lowest BCUT2D eigenvalue weighted by molar-refractivity contribution is -0.144. The molecule has 0 aromatic heterocycles. The molecule has 2 amide bonds. The van der Waals surface area contributed by atoms with Gasteiger partial charge >= 0.3 is 5.97 Å². The molecule has 1 aliphatic rings. The van der Waals surface area contributed by atoms with Crippen molar-refractivity contribution in [3.05, 3.63) is 59.7 Å². The molecule has 1 atom stereocenters. The summed E-state index contributed by atoms with van der Waals surface area (Å²) >= 11 is 1.59. The van der Waals surface area contributed by atoms with Crippen LogP contribution in [0.1, 0.15) is 43.2 Å². The van der Waals surface area contributed by atoms with Crippen LogP contribution in [0.3, 0.4) is 0 Å². The highest BCUT2D eigenvalue weighted by atomic mass is 32.2. The maximum atomic E-state index is 12.5. The van der Waals surface area contributed by atoms with Crippen LogP contribution < -0.4 is 10.2 Å². The van der Waals surface area contributed by atoms with E-state index in [0.29, 0.717) is 18.0 Å². The van der Waals surface area contributed by atoms with Gasteiger partial charge in [0.15, 0.2) is 0 Å². The van der Waals surface area contributed by atoms with Gasteiger partial charge in [0.05, 0.1) is 18.8 Å². The van der Waals surface area contributed by atoms with Crippen LogP contribution in [-0.2, 0) is 25.5 Å². The number of benzene rings is 2. The molecule has 2 aromatic rings. The Kier molecular flexibility index (Phi) is 7.52. The average Bonchev–Trinajstić information content (AvgIpc) is 3.14. The van der Waals surface area contributed by atoms with Gasteiger partial charge in [-0.05, 0) is 48.7 Å². The molecular formula is C23H26N2O4S. The van der Waals surface area contributed by atoms with Gasteiger partial charge in [-0.1, -0.05) is 31.2 Å². The fourth-order valence-electron chi connectivity index (χ4n) is 3.25. The molecule has 1 saturated heterocycles. The first-order chi connectivity index (χ1) is 14.5. The van der Waals surface area contributed by atoms with E-state index < -0.39 is 0 Å². The van der Waals surface area contributed by atoms with Crippen molar-refractivity contribution in [2.75, 3.05) is 22.6 Å². The first-order valence-corrected chi connectivity index (χ1v) is 11.1. The lowest BCUT2D eigenvalue weighted by Crippen LogP contribution is -2.27. The quantitative estimate of drug-likeness (QED) is 0.637. The lowest BCUT2D eigenvalue weighted by atomic mass is 10.1. The fourth-order valence-corrected chi connectivity index (χ4v) is 4.42. The summed E-state index contributed by atoms with van der Waals surface area (Å²) in [5.74, 6) is -0.0885. The minimum atomic E-state index is -0.377. The summed E-state index contributed by atoms with van der Waals surface area (Å²) < 4.78 is 4.83. The number of ether oxygens (including phenoxy) is 1. The summed E-state index contributed by atoms with van der Waals surface area (Å²) in [6, 6.07) is 15.6. The summed E-state index contributed by atoms with van der Waals surface area (Å²) in [6.45, 7) is 4.15. The molecule has 6 nitrogen and oxygen atoms in total. The van der Waals surface area contributed by atoms with Crippen molar-refractivity contribution < 1.29 is 19.1 Å². The molecule has 0 aliphatic carbocycles. The van der Waals surface area contributed by atoms with Gasteiger partial charge in [-0.25, -0.2) is 0 Å². The summed E-state index contributed by atoms with van der Waals surface area (Å²) in [6.07, 6.45) is 1.10. The van der Waals surface area contributed by atoms with Gasteiger partial charge in [0.25, 0.3) is 0 Å². The van der Waals surface area contributed by atoms with E-state index >= 15 is 0 Å². The number of carbonyl (C=O) groups excluding carboxylic acids is 3. The van der Waals surface area contributed by atoms with Crippen LogP contribution in [0.25, 0.3) is 0 Å². The van der Waals surface area contributed by atoms with Crippen molar-refractivity contribution in [3.63, 3.8) is 0 Å². The van der Waals surface area contributed by atoms with Gasteiger partial charge in [-0.15, -0.1) is 11.8 Å². The molecule has 1 unspecified atom stereocenters. The van der Waals surface area contributed by atoms with Crippen LogP contribution in [0, 0.1) is 0 Å². The predicted molar refractivity (Wildman–Crippen MR) is 119 cm³/mol. The van der Waals surface area contributed by atoms with Crippen molar-refractivity contribution in [3.8, 4) is 0 Å². The first kappa shape index (κ1) is 21.9. The van der Waals surface area contributed by atoms with Gasteiger partial charge in [-0.2, -0.15) is 0 Å². The second-order valence-electron chi connectivity index (χ2n) is 6.92. The first-order valence-electron chi connectivity index (χ1n) is 10.1. The Bertz CT molecular complexity index is 896. The van der Waals surface area contributed by atoms with Crippen LogP contribution in [-0.4, -0.2) is 30.1 Å². The van der Waals surface area contributed by atoms with Crippen LogP contribution in [0.5, 0.6) is 0 Å². The topological polar surface area (TPSA) is 75.7 Å². The zero-order valence-corrected chi connectivity index (χ0v) is 18.0. The lowest BCUT2D eigenvalue weighted by Gasteiger charge is -2.24. The van der Waals surface area contributed by atoms with Gasteiger partial charge < -0.3 is 10.1 Å². The molecule has 1 N–H and O–H groups in total. The zero-order valence-electron chi connectivity index (χ0n) is 17.2. The Labute approximate surface area is 181 Å². The number of anilines is 2. The molecule has 158 valence electrons. The standard InChI is InChI=1S/C23H26N2O4S/c1-3-16-5-11-19(12-6-16)25-21(27)15-30-23(25)17-7-9-18(10-8-17)24-20(26)13-14-22(28)29-4-2/h5-12,23H,3-4,13-15H2,1-2H3,(H,24,26). The van der Waals surface area contributed by atoms with Crippen molar-refractivity contribution in [2.45, 2.75) is 38.5 Å². The summed E-state index contributed by atoms with van der Waals surface area (Å²) in [5.41, 5.74) is 3.77. The molecule has 0 radical (unpaired) electrons. The van der Waals surface area contributed by atoms with Gasteiger partial charge in [0.2, 0.25) is 11.8 Å². The Morgan fingerprint density at radius 2 is 1.77 bits per heavy atom. The van der Waals surface area contributed by atoms with Crippen molar-refractivity contribution in [1.29, 1.82) is 0 Å². The molecule has 30 heavy (non-hydrogen) atoms. The van der Waals surface area contributed by atoms with Crippen molar-refractivity contribution >= 4 is 40.9 Å². The molecule has 7 heteroatoms. The molecule has 0 spiro atoms. The van der Waals surface area contributed by atoms with E-state index in [2.05, 4.69) is 24.4 Å². The van der Waals surface area contributed by atoms with Crippen LogP contribution >= 0.6 is 11.8 Å². The minimum absolute atomic E-state index is 0.0599. The Balaban J connectivity index is 1.65. The molecular weight excluding hydrogens is 400 g/mol. The molecule has 0 bridgehead atoms. The number of esters is 1. The maximum absolute atomic E-state index is 12.5. The molecule has 1 aliphatic heterocycles. The van der Waals surface area contributed by atoms with Crippen LogP contribution in [0.2, 0.25) is 0 Å². The number of nitrogens with zero attached hydrogens (tertiary/aromatic N) is 1. The highest BCUT2D eigenvalue weighted by Gasteiger charge is 2.33. The molecule has 1 heterocycles. The highest BCUT2D eigenvalue weighted by molar-refractivity contribution is 8.00. The summed E-state index contributed by atoms with van der Waals surface area (Å²) in [5, 5.41) is 2.69. The number of thioether (sulfide) groups is 1. The number of nitrogens with one attached hydrogen (secondary N) is 1. The smallest absolute Gasteiger partial charge is 0.306 e. The van der Waals surface area contributed by atoms with E-state index in [-0.39, 0.29) is 36.0 Å². The molecule has 3 rings (SSSR count). The number of amides is 2. The molecule has 2 aromatic carbocycles. The van der Waals surface area contributed by atoms with Crippen LogP contribution in [0.4, 0.5) is 11.4 Å². The molecule has 1 fully saturated rings. The van der Waals surface area contributed by atoms with E-state index in [4.69, 9.17) is 4.74 Å². The largest absolute Gasteiger partial charge is 0.466 e. The second kappa shape index (κ2) is 10.3. The third-order valence-electron chi connectivity index (χ3n) is 4.83. The van der Waals surface area contributed by atoms with Crippen LogP contribution in [0.15, 0.2) is 48.5 Å². The van der Waals surface area contributed by atoms with Crippen molar-refractivity contribution in [1.82, 2.24) is 0 Å². The third kappa shape index (κ3) is 5.42. The monoisotopic (exact) mass is 426 g/mol. The number of hydrogen-bond donors (Lipinski definition) is 1. The maximum Gasteiger partial charge on any atom is 0.306 e. The normalized spacial score (nSPS) is 15.9. The third-order valence-corrected chi connectivity index (χ3v) is 6.04. The summed E-state index contributed by atoms with van der Waals surface area (Å²) in [4.78, 5) is 37.7. The highest BCUT2D eigenvalue weighted by Crippen LogP contribution is 2.42. The van der Waals surface area contributed by atoms with E-state index in [9.17, 15) is 14.4 Å². The minimum Gasteiger partial charge on any atom is -0.466 e. The van der Waals surface area contributed by atoms with E-state index in [1.165, 1.54) is 5.56 Å². The Morgan fingerprint density at radius 1 is 1.07 bits per heavy atom. The number of aryl methyl sites for hydroxylation is 1.